The fourth-order valence-electron chi connectivity index (χ4n) is 3.50. The van der Waals surface area contributed by atoms with E-state index in [1.54, 1.807) is 0 Å². The molecule has 5 nitrogen and oxygen atoms in total. The van der Waals surface area contributed by atoms with E-state index in [9.17, 15) is 4.79 Å². The zero-order chi connectivity index (χ0) is 17.6. The number of nitrogens with one attached hydrogen (secondary N) is 1. The quantitative estimate of drug-likeness (QED) is 0.860. The van der Waals surface area contributed by atoms with Crippen molar-refractivity contribution in [2.45, 2.75) is 45.3 Å². The van der Waals surface area contributed by atoms with Gasteiger partial charge in [-0.1, -0.05) is 32.0 Å². The molecule has 1 aromatic carbocycles. The van der Waals surface area contributed by atoms with Crippen molar-refractivity contribution < 1.29 is 14.3 Å². The van der Waals surface area contributed by atoms with E-state index in [2.05, 4.69) is 24.1 Å². The standard InChI is InChI=1S/C20H30N2O3/c1-15(2)14-25-16-7-10-22(11-8-16)13-20(23)21-18-9-12-24-19-6-4-3-5-17(18)19/h3-6,15-16,18H,7-14H2,1-2H3,(H,21,23). The molecule has 1 amide bonds. The van der Waals surface area contributed by atoms with Crippen LogP contribution in [-0.2, 0) is 9.53 Å². The first kappa shape index (κ1) is 18.2. The van der Waals surface area contributed by atoms with Gasteiger partial charge in [0, 0.05) is 31.7 Å². The van der Waals surface area contributed by atoms with Crippen LogP contribution in [0.5, 0.6) is 5.75 Å². The highest BCUT2D eigenvalue weighted by Crippen LogP contribution is 2.31. The number of likely N-dealkylation sites (tertiary alicyclic amines) is 1. The van der Waals surface area contributed by atoms with Gasteiger partial charge in [0.15, 0.2) is 0 Å². The minimum atomic E-state index is 0.0596. The van der Waals surface area contributed by atoms with Crippen LogP contribution in [0.1, 0.15) is 44.7 Å². The molecule has 1 saturated heterocycles. The fraction of sp³-hybridized carbons (Fsp3) is 0.650. The van der Waals surface area contributed by atoms with Crippen molar-refractivity contribution in [2.24, 2.45) is 5.92 Å². The molecule has 0 spiro atoms. The number of carbonyl (C=O) groups excluding carboxylic acids is 1. The number of hydrogen-bond donors (Lipinski definition) is 1. The average Bonchev–Trinajstić information content (AvgIpc) is 2.61. The van der Waals surface area contributed by atoms with Crippen molar-refractivity contribution in [3.05, 3.63) is 29.8 Å². The molecule has 1 fully saturated rings. The minimum Gasteiger partial charge on any atom is -0.493 e. The number of fused-ring (bicyclic) bond motifs is 1. The Kier molecular flexibility index (Phi) is 6.32. The molecule has 3 rings (SSSR count). The molecule has 0 radical (unpaired) electrons. The average molecular weight is 346 g/mol. The predicted molar refractivity (Wildman–Crippen MR) is 97.7 cm³/mol. The number of para-hydroxylation sites is 1. The summed E-state index contributed by atoms with van der Waals surface area (Å²) in [7, 11) is 0. The van der Waals surface area contributed by atoms with E-state index in [4.69, 9.17) is 9.47 Å². The van der Waals surface area contributed by atoms with Crippen molar-refractivity contribution in [1.82, 2.24) is 10.2 Å². The maximum absolute atomic E-state index is 12.5. The Morgan fingerprint density at radius 3 is 2.80 bits per heavy atom. The molecule has 1 unspecified atom stereocenters. The highest BCUT2D eigenvalue weighted by molar-refractivity contribution is 5.78. The maximum Gasteiger partial charge on any atom is 0.234 e. The molecule has 0 bridgehead atoms. The molecule has 2 heterocycles. The van der Waals surface area contributed by atoms with E-state index < -0.39 is 0 Å². The summed E-state index contributed by atoms with van der Waals surface area (Å²) in [6.45, 7) is 8.16. The van der Waals surface area contributed by atoms with E-state index >= 15 is 0 Å². The van der Waals surface area contributed by atoms with Gasteiger partial charge in [-0.25, -0.2) is 0 Å². The summed E-state index contributed by atoms with van der Waals surface area (Å²) in [5.74, 6) is 1.57. The summed E-state index contributed by atoms with van der Waals surface area (Å²) in [5, 5.41) is 3.18. The lowest BCUT2D eigenvalue weighted by Gasteiger charge is -2.32. The predicted octanol–water partition coefficient (Wildman–Crippen LogP) is 2.76. The summed E-state index contributed by atoms with van der Waals surface area (Å²) >= 11 is 0. The van der Waals surface area contributed by atoms with E-state index in [0.29, 0.717) is 25.2 Å². The Labute approximate surface area is 150 Å². The van der Waals surface area contributed by atoms with Gasteiger partial charge < -0.3 is 14.8 Å². The molecule has 1 aromatic rings. The number of benzene rings is 1. The highest BCUT2D eigenvalue weighted by atomic mass is 16.5. The topological polar surface area (TPSA) is 50.8 Å². The van der Waals surface area contributed by atoms with Crippen molar-refractivity contribution in [2.75, 3.05) is 32.8 Å². The molecule has 0 aromatic heterocycles. The Morgan fingerprint density at radius 1 is 1.28 bits per heavy atom. The molecule has 138 valence electrons. The van der Waals surface area contributed by atoms with Gasteiger partial charge in [0.25, 0.3) is 0 Å². The third kappa shape index (κ3) is 5.19. The molecular formula is C20H30N2O3. The van der Waals surface area contributed by atoms with Crippen LogP contribution in [-0.4, -0.2) is 49.8 Å². The van der Waals surface area contributed by atoms with Gasteiger partial charge in [-0.3, -0.25) is 9.69 Å². The van der Waals surface area contributed by atoms with Crippen LogP contribution in [0, 0.1) is 5.92 Å². The molecule has 2 aliphatic rings. The van der Waals surface area contributed by atoms with Gasteiger partial charge in [0.1, 0.15) is 5.75 Å². The van der Waals surface area contributed by atoms with Crippen LogP contribution in [0.15, 0.2) is 24.3 Å². The number of rotatable bonds is 6. The second kappa shape index (κ2) is 8.68. The number of carbonyl (C=O) groups is 1. The highest BCUT2D eigenvalue weighted by Gasteiger charge is 2.25. The SMILES string of the molecule is CC(C)COC1CCN(CC(=O)NC2CCOc3ccccc32)CC1. The monoisotopic (exact) mass is 346 g/mol. The third-order valence-electron chi connectivity index (χ3n) is 4.86. The second-order valence-corrected chi connectivity index (χ2v) is 7.50. The van der Waals surface area contributed by atoms with Crippen LogP contribution in [0.25, 0.3) is 0 Å². The summed E-state index contributed by atoms with van der Waals surface area (Å²) in [4.78, 5) is 14.7. The number of piperidine rings is 1. The fourth-order valence-corrected chi connectivity index (χ4v) is 3.50. The Balaban J connectivity index is 1.44. The zero-order valence-electron chi connectivity index (χ0n) is 15.4. The molecule has 0 aliphatic carbocycles. The molecule has 2 aliphatic heterocycles. The summed E-state index contributed by atoms with van der Waals surface area (Å²) < 4.78 is 11.6. The third-order valence-corrected chi connectivity index (χ3v) is 4.86. The first-order valence-corrected chi connectivity index (χ1v) is 9.47. The largest absolute Gasteiger partial charge is 0.493 e. The van der Waals surface area contributed by atoms with Gasteiger partial charge in [-0.05, 0) is 24.8 Å². The Morgan fingerprint density at radius 2 is 2.04 bits per heavy atom. The lowest BCUT2D eigenvalue weighted by atomic mass is 10.0. The second-order valence-electron chi connectivity index (χ2n) is 7.50. The summed E-state index contributed by atoms with van der Waals surface area (Å²) in [6, 6.07) is 8.03. The van der Waals surface area contributed by atoms with Gasteiger partial charge in [0.05, 0.1) is 25.3 Å². The molecular weight excluding hydrogens is 316 g/mol. The number of ether oxygens (including phenoxy) is 2. The number of amides is 1. The van der Waals surface area contributed by atoms with Crippen LogP contribution in [0.4, 0.5) is 0 Å². The van der Waals surface area contributed by atoms with Crippen molar-refractivity contribution in [3.63, 3.8) is 0 Å². The van der Waals surface area contributed by atoms with Gasteiger partial charge in [0.2, 0.25) is 5.91 Å². The Hall–Kier alpha value is -1.59. The molecule has 0 saturated carbocycles. The van der Waals surface area contributed by atoms with Crippen LogP contribution >= 0.6 is 0 Å². The van der Waals surface area contributed by atoms with Gasteiger partial charge >= 0.3 is 0 Å². The van der Waals surface area contributed by atoms with E-state index in [1.165, 1.54) is 0 Å². The maximum atomic E-state index is 12.5. The molecule has 1 N–H and O–H groups in total. The lowest BCUT2D eigenvalue weighted by molar-refractivity contribution is -0.124. The van der Waals surface area contributed by atoms with Gasteiger partial charge in [-0.15, -0.1) is 0 Å². The molecule has 25 heavy (non-hydrogen) atoms. The summed E-state index contributed by atoms with van der Waals surface area (Å²) in [5.41, 5.74) is 1.09. The lowest BCUT2D eigenvalue weighted by Crippen LogP contribution is -2.44. The Bertz CT molecular complexity index is 568. The molecule has 5 heteroatoms. The van der Waals surface area contributed by atoms with E-state index in [-0.39, 0.29) is 11.9 Å². The summed E-state index contributed by atoms with van der Waals surface area (Å²) in [6.07, 6.45) is 3.21. The van der Waals surface area contributed by atoms with Crippen molar-refractivity contribution in [3.8, 4) is 5.75 Å². The van der Waals surface area contributed by atoms with E-state index in [0.717, 1.165) is 50.3 Å². The minimum absolute atomic E-state index is 0.0596. The van der Waals surface area contributed by atoms with Gasteiger partial charge in [-0.2, -0.15) is 0 Å². The molecule has 1 atom stereocenters. The zero-order valence-corrected chi connectivity index (χ0v) is 15.4. The number of hydrogen-bond acceptors (Lipinski definition) is 4. The smallest absolute Gasteiger partial charge is 0.234 e. The number of nitrogens with zero attached hydrogens (tertiary/aromatic N) is 1. The van der Waals surface area contributed by atoms with Crippen molar-refractivity contribution in [1.29, 1.82) is 0 Å². The van der Waals surface area contributed by atoms with Crippen LogP contribution in [0.2, 0.25) is 0 Å². The first-order valence-electron chi connectivity index (χ1n) is 9.47. The first-order chi connectivity index (χ1) is 12.1. The van der Waals surface area contributed by atoms with E-state index in [1.807, 2.05) is 24.3 Å². The van der Waals surface area contributed by atoms with Crippen molar-refractivity contribution >= 4 is 5.91 Å². The van der Waals surface area contributed by atoms with Crippen LogP contribution < -0.4 is 10.1 Å². The van der Waals surface area contributed by atoms with Crippen LogP contribution in [0.3, 0.4) is 0 Å². The normalized spacial score (nSPS) is 21.6.